The number of carbonyl (C=O) groups excluding carboxylic acids is 1. The Morgan fingerprint density at radius 1 is 1.32 bits per heavy atom. The molecule has 1 amide bonds. The zero-order chi connectivity index (χ0) is 17.9. The summed E-state index contributed by atoms with van der Waals surface area (Å²) in [6.45, 7) is 0.240. The molecule has 2 aromatic rings. The van der Waals surface area contributed by atoms with Crippen LogP contribution < -0.4 is 5.73 Å². The molecular formula is C15H15BrF3N5O. The summed E-state index contributed by atoms with van der Waals surface area (Å²) in [4.78, 5) is 22.0. The van der Waals surface area contributed by atoms with Crippen molar-refractivity contribution < 1.29 is 18.0 Å². The van der Waals surface area contributed by atoms with E-state index in [4.69, 9.17) is 5.73 Å². The van der Waals surface area contributed by atoms with E-state index in [1.807, 2.05) is 0 Å². The molecule has 0 aliphatic carbocycles. The van der Waals surface area contributed by atoms with E-state index in [0.29, 0.717) is 34.6 Å². The number of nitrogens with zero attached hydrogens (tertiary/aromatic N) is 4. The number of nitrogen functional groups attached to an aromatic ring is 1. The highest BCUT2D eigenvalue weighted by Crippen LogP contribution is 2.45. The number of imidazole rings is 1. The van der Waals surface area contributed by atoms with Crippen molar-refractivity contribution in [3.8, 4) is 0 Å². The lowest BCUT2D eigenvalue weighted by molar-refractivity contribution is -0.182. The van der Waals surface area contributed by atoms with E-state index in [2.05, 4.69) is 25.9 Å². The number of aromatic nitrogens is 3. The highest BCUT2D eigenvalue weighted by atomic mass is 79.9. The van der Waals surface area contributed by atoms with Gasteiger partial charge in [-0.2, -0.15) is 13.2 Å². The lowest BCUT2D eigenvalue weighted by atomic mass is 9.87. The van der Waals surface area contributed by atoms with Gasteiger partial charge in [0.15, 0.2) is 5.82 Å². The fourth-order valence-electron chi connectivity index (χ4n) is 4.01. The topological polar surface area (TPSA) is 76.5 Å². The van der Waals surface area contributed by atoms with E-state index in [1.165, 1.54) is 4.90 Å². The maximum Gasteiger partial charge on any atom is 0.394 e. The third-order valence-electron chi connectivity index (χ3n) is 5.16. The van der Waals surface area contributed by atoms with Gasteiger partial charge in [-0.3, -0.25) is 9.20 Å². The minimum atomic E-state index is -4.34. The van der Waals surface area contributed by atoms with Crippen LogP contribution in [-0.4, -0.2) is 43.9 Å². The summed E-state index contributed by atoms with van der Waals surface area (Å²) in [5.41, 5.74) is 6.51. The fourth-order valence-corrected chi connectivity index (χ4v) is 4.59. The van der Waals surface area contributed by atoms with Crippen LogP contribution in [0.4, 0.5) is 19.0 Å². The lowest BCUT2D eigenvalue weighted by Gasteiger charge is -2.37. The molecule has 0 aromatic carbocycles. The summed E-state index contributed by atoms with van der Waals surface area (Å²) in [7, 11) is 0. The number of hydrogen-bond donors (Lipinski definition) is 1. The molecule has 2 aromatic heterocycles. The second-order valence-corrected chi connectivity index (χ2v) is 7.28. The zero-order valence-electron chi connectivity index (χ0n) is 13.0. The van der Waals surface area contributed by atoms with Crippen molar-refractivity contribution in [3.05, 3.63) is 22.8 Å². The number of halogens is 4. The summed E-state index contributed by atoms with van der Waals surface area (Å²) in [6.07, 6.45) is -0.682. The molecule has 3 atom stereocenters. The Kier molecular flexibility index (Phi) is 3.71. The Balaban J connectivity index is 1.66. The minimum Gasteiger partial charge on any atom is -0.382 e. The summed E-state index contributed by atoms with van der Waals surface area (Å²) < 4.78 is 41.8. The first-order valence-corrected chi connectivity index (χ1v) is 8.70. The molecule has 2 saturated heterocycles. The average molecular weight is 418 g/mol. The summed E-state index contributed by atoms with van der Waals surface area (Å²) in [5, 5.41) is 0. The van der Waals surface area contributed by atoms with Gasteiger partial charge in [0.05, 0.1) is 5.92 Å². The van der Waals surface area contributed by atoms with Gasteiger partial charge in [-0.25, -0.2) is 9.97 Å². The molecule has 134 valence electrons. The second-order valence-electron chi connectivity index (χ2n) is 6.53. The number of carbonyl (C=O) groups is 1. The Bertz CT molecular complexity index is 852. The van der Waals surface area contributed by atoms with Crippen molar-refractivity contribution in [1.29, 1.82) is 0 Å². The quantitative estimate of drug-likeness (QED) is 0.773. The molecule has 0 saturated carbocycles. The predicted molar refractivity (Wildman–Crippen MR) is 86.7 cm³/mol. The number of hydrogen-bond acceptors (Lipinski definition) is 4. The van der Waals surface area contributed by atoms with Crippen LogP contribution >= 0.6 is 15.9 Å². The van der Waals surface area contributed by atoms with Crippen molar-refractivity contribution in [3.63, 3.8) is 0 Å². The smallest absolute Gasteiger partial charge is 0.382 e. The first kappa shape index (κ1) is 16.6. The monoisotopic (exact) mass is 417 g/mol. The molecule has 4 heterocycles. The zero-order valence-corrected chi connectivity index (χ0v) is 14.6. The largest absolute Gasteiger partial charge is 0.394 e. The van der Waals surface area contributed by atoms with Crippen LogP contribution in [0.3, 0.4) is 0 Å². The maximum atomic E-state index is 13.2. The van der Waals surface area contributed by atoms with E-state index in [-0.39, 0.29) is 12.5 Å². The Morgan fingerprint density at radius 2 is 2.08 bits per heavy atom. The van der Waals surface area contributed by atoms with Crippen LogP contribution in [0.5, 0.6) is 0 Å². The number of alkyl halides is 3. The number of rotatable bonds is 1. The third kappa shape index (κ3) is 2.57. The summed E-state index contributed by atoms with van der Waals surface area (Å²) >= 11 is 3.36. The van der Waals surface area contributed by atoms with Gasteiger partial charge < -0.3 is 10.6 Å². The van der Waals surface area contributed by atoms with Gasteiger partial charge in [0.25, 0.3) is 0 Å². The van der Waals surface area contributed by atoms with E-state index >= 15 is 0 Å². The van der Waals surface area contributed by atoms with E-state index < -0.39 is 30.5 Å². The van der Waals surface area contributed by atoms with Crippen LogP contribution in [0, 0.1) is 5.92 Å². The van der Waals surface area contributed by atoms with Crippen LogP contribution in [0.15, 0.2) is 17.0 Å². The summed E-state index contributed by atoms with van der Waals surface area (Å²) in [6, 6.07) is -0.759. The maximum absolute atomic E-state index is 13.2. The first-order chi connectivity index (χ1) is 11.8. The molecule has 0 bridgehead atoms. The molecule has 0 radical (unpaired) electrons. The van der Waals surface area contributed by atoms with E-state index in [9.17, 15) is 18.0 Å². The Hall–Kier alpha value is -1.84. The number of amides is 1. The molecule has 4 rings (SSSR count). The van der Waals surface area contributed by atoms with Gasteiger partial charge in [0.2, 0.25) is 5.91 Å². The standard InChI is InChI=1S/C15H15BrF3N5O/c16-12-11-13(20)21-3-4-23(11)14(22-12)7-1-2-9-8(15(17,18)19)5-10(25)24(9)6-7/h3-4,7-9H,1-2,5-6H2,(H2,20,21). The molecule has 3 unspecified atom stereocenters. The van der Waals surface area contributed by atoms with Crippen LogP contribution in [-0.2, 0) is 4.79 Å². The predicted octanol–water partition coefficient (Wildman–Crippen LogP) is 2.73. The average Bonchev–Trinajstić information content (AvgIpc) is 3.06. The molecule has 2 aliphatic heterocycles. The summed E-state index contributed by atoms with van der Waals surface area (Å²) in [5.74, 6) is -1.15. The lowest BCUT2D eigenvalue weighted by Crippen LogP contribution is -2.45. The molecular weight excluding hydrogens is 403 g/mol. The van der Waals surface area contributed by atoms with E-state index in [1.54, 1.807) is 16.8 Å². The number of fused-ring (bicyclic) bond motifs is 2. The SMILES string of the molecule is Nc1nccn2c(C3CCC4C(C(F)(F)F)CC(=O)N4C3)nc(Br)c12. The minimum absolute atomic E-state index is 0.146. The number of piperidine rings is 1. The highest BCUT2D eigenvalue weighted by molar-refractivity contribution is 9.10. The Labute approximate surface area is 149 Å². The van der Waals surface area contributed by atoms with Crippen LogP contribution in [0.25, 0.3) is 5.52 Å². The second kappa shape index (κ2) is 5.58. The molecule has 2 N–H and O–H groups in total. The van der Waals surface area contributed by atoms with Crippen molar-refractivity contribution in [1.82, 2.24) is 19.3 Å². The highest BCUT2D eigenvalue weighted by Gasteiger charge is 2.55. The Morgan fingerprint density at radius 3 is 2.80 bits per heavy atom. The van der Waals surface area contributed by atoms with Crippen molar-refractivity contribution in [2.45, 2.75) is 37.4 Å². The van der Waals surface area contributed by atoms with Gasteiger partial charge in [0.1, 0.15) is 15.9 Å². The molecule has 10 heteroatoms. The van der Waals surface area contributed by atoms with E-state index in [0.717, 1.165) is 0 Å². The van der Waals surface area contributed by atoms with Crippen molar-refractivity contribution >= 4 is 33.2 Å². The van der Waals surface area contributed by atoms with Gasteiger partial charge in [-0.05, 0) is 28.8 Å². The van der Waals surface area contributed by atoms with Gasteiger partial charge in [0, 0.05) is 37.3 Å². The molecule has 2 fully saturated rings. The normalized spacial score (nSPS) is 27.1. The number of anilines is 1. The van der Waals surface area contributed by atoms with Crippen LogP contribution in [0.1, 0.15) is 31.0 Å². The first-order valence-electron chi connectivity index (χ1n) is 7.91. The molecule has 25 heavy (non-hydrogen) atoms. The van der Waals surface area contributed by atoms with Crippen molar-refractivity contribution in [2.24, 2.45) is 5.92 Å². The van der Waals surface area contributed by atoms with Crippen LogP contribution in [0.2, 0.25) is 0 Å². The van der Waals surface area contributed by atoms with Gasteiger partial charge in [-0.1, -0.05) is 0 Å². The molecule has 0 spiro atoms. The van der Waals surface area contributed by atoms with Gasteiger partial charge >= 0.3 is 6.18 Å². The fraction of sp³-hybridized carbons (Fsp3) is 0.533. The number of nitrogens with two attached hydrogens (primary N) is 1. The molecule has 6 nitrogen and oxygen atoms in total. The molecule has 2 aliphatic rings. The van der Waals surface area contributed by atoms with Gasteiger partial charge in [-0.15, -0.1) is 0 Å². The third-order valence-corrected chi connectivity index (χ3v) is 5.71. The van der Waals surface area contributed by atoms with Crippen molar-refractivity contribution in [2.75, 3.05) is 12.3 Å².